The lowest BCUT2D eigenvalue weighted by atomic mass is 10.2. The van der Waals surface area contributed by atoms with Gasteiger partial charge < -0.3 is 9.15 Å². The van der Waals surface area contributed by atoms with E-state index in [1.165, 1.54) is 0 Å². The molecule has 1 aromatic heterocycles. The molecule has 8 heteroatoms. The molecule has 0 saturated carbocycles. The number of amides is 1. The molecule has 20 heavy (non-hydrogen) atoms. The van der Waals surface area contributed by atoms with E-state index >= 15 is 0 Å². The van der Waals surface area contributed by atoms with E-state index in [4.69, 9.17) is 9.15 Å². The minimum absolute atomic E-state index is 0.108. The second-order valence-corrected chi connectivity index (χ2v) is 5.90. The first kappa shape index (κ1) is 16.8. The number of halogens is 2. The Labute approximate surface area is 120 Å². The van der Waals surface area contributed by atoms with Crippen LogP contribution in [0.15, 0.2) is 16.5 Å². The maximum atomic E-state index is 12.0. The van der Waals surface area contributed by atoms with Gasteiger partial charge in [-0.1, -0.05) is 11.8 Å². The number of carbonyl (C=O) groups is 1. The quantitative estimate of drug-likeness (QED) is 0.790. The van der Waals surface area contributed by atoms with Crippen molar-refractivity contribution in [2.75, 3.05) is 0 Å². The lowest BCUT2D eigenvalue weighted by Gasteiger charge is -2.19. The van der Waals surface area contributed by atoms with E-state index in [9.17, 15) is 13.6 Å². The van der Waals surface area contributed by atoms with Gasteiger partial charge in [0, 0.05) is 0 Å². The van der Waals surface area contributed by atoms with Crippen LogP contribution in [0.1, 0.15) is 32.3 Å². The molecule has 1 amide bonds. The maximum Gasteiger partial charge on any atom is 0.422 e. The molecule has 1 heterocycles. The minimum Gasteiger partial charge on any atom is -0.464 e. The average Bonchev–Trinajstić information content (AvgIpc) is 2.72. The van der Waals surface area contributed by atoms with Crippen LogP contribution in [0.5, 0.6) is 0 Å². The van der Waals surface area contributed by atoms with Gasteiger partial charge in [0.15, 0.2) is 0 Å². The Balaban J connectivity index is 2.27. The molecule has 0 bridgehead atoms. The van der Waals surface area contributed by atoms with Gasteiger partial charge in [-0.3, -0.25) is 5.43 Å². The van der Waals surface area contributed by atoms with Gasteiger partial charge in [-0.25, -0.2) is 10.2 Å². The van der Waals surface area contributed by atoms with Crippen LogP contribution < -0.4 is 10.9 Å². The van der Waals surface area contributed by atoms with Crippen molar-refractivity contribution in [1.29, 1.82) is 0 Å². The number of hydrazine groups is 1. The predicted octanol–water partition coefficient (Wildman–Crippen LogP) is 3.26. The lowest BCUT2D eigenvalue weighted by molar-refractivity contribution is 0.0495. The SMILES string of the molecule is CC(C)(C)OC(=O)NNCc1ccc(CSC(F)F)o1. The van der Waals surface area contributed by atoms with E-state index in [0.29, 0.717) is 23.3 Å². The summed E-state index contributed by atoms with van der Waals surface area (Å²) in [6.45, 7) is 5.50. The van der Waals surface area contributed by atoms with Crippen molar-refractivity contribution in [2.45, 2.75) is 44.4 Å². The molecule has 0 aliphatic carbocycles. The number of ether oxygens (including phenoxy) is 1. The van der Waals surface area contributed by atoms with Crippen molar-refractivity contribution < 1.29 is 22.7 Å². The molecule has 0 atom stereocenters. The van der Waals surface area contributed by atoms with Crippen LogP contribution in [0.4, 0.5) is 13.6 Å². The van der Waals surface area contributed by atoms with E-state index in [0.717, 1.165) is 0 Å². The molecule has 0 unspecified atom stereocenters. The van der Waals surface area contributed by atoms with E-state index in [2.05, 4.69) is 10.9 Å². The Bertz CT molecular complexity index is 433. The average molecular weight is 308 g/mol. The largest absolute Gasteiger partial charge is 0.464 e. The van der Waals surface area contributed by atoms with Crippen molar-refractivity contribution >= 4 is 17.9 Å². The Morgan fingerprint density at radius 1 is 1.40 bits per heavy atom. The smallest absolute Gasteiger partial charge is 0.422 e. The Morgan fingerprint density at radius 2 is 2.05 bits per heavy atom. The fourth-order valence-electron chi connectivity index (χ4n) is 1.25. The zero-order chi connectivity index (χ0) is 15.2. The highest BCUT2D eigenvalue weighted by atomic mass is 32.2. The van der Waals surface area contributed by atoms with E-state index < -0.39 is 17.5 Å². The second kappa shape index (κ2) is 7.49. The van der Waals surface area contributed by atoms with Crippen LogP contribution >= 0.6 is 11.8 Å². The van der Waals surface area contributed by atoms with E-state index in [-0.39, 0.29) is 12.3 Å². The third-order valence-corrected chi connectivity index (χ3v) is 2.62. The van der Waals surface area contributed by atoms with Gasteiger partial charge in [0.2, 0.25) is 0 Å². The molecule has 0 aliphatic rings. The number of rotatable bonds is 6. The first-order valence-corrected chi connectivity index (χ1v) is 7.00. The number of furan rings is 1. The second-order valence-electron chi connectivity index (χ2n) is 4.92. The van der Waals surface area contributed by atoms with Gasteiger partial charge in [-0.2, -0.15) is 8.78 Å². The summed E-state index contributed by atoms with van der Waals surface area (Å²) in [7, 11) is 0. The summed E-state index contributed by atoms with van der Waals surface area (Å²) in [5.41, 5.74) is 4.41. The molecule has 0 saturated heterocycles. The van der Waals surface area contributed by atoms with Crippen LogP contribution in [0.2, 0.25) is 0 Å². The summed E-state index contributed by atoms with van der Waals surface area (Å²) >= 11 is 0.496. The molecule has 0 aliphatic heterocycles. The van der Waals surface area contributed by atoms with E-state index in [1.54, 1.807) is 32.9 Å². The first-order valence-electron chi connectivity index (χ1n) is 5.95. The highest BCUT2D eigenvalue weighted by Gasteiger charge is 2.15. The molecule has 0 aromatic carbocycles. The Morgan fingerprint density at radius 3 is 2.65 bits per heavy atom. The van der Waals surface area contributed by atoms with Crippen LogP contribution in [-0.4, -0.2) is 17.5 Å². The third-order valence-electron chi connectivity index (χ3n) is 1.92. The molecule has 114 valence electrons. The topological polar surface area (TPSA) is 63.5 Å². The molecule has 2 N–H and O–H groups in total. The first-order chi connectivity index (χ1) is 9.26. The number of hydrogen-bond donors (Lipinski definition) is 2. The molecular weight excluding hydrogens is 290 g/mol. The molecule has 1 rings (SSSR count). The number of hydrogen-bond acceptors (Lipinski definition) is 5. The fraction of sp³-hybridized carbons (Fsp3) is 0.583. The van der Waals surface area contributed by atoms with Gasteiger partial charge in [-0.15, -0.1) is 0 Å². The zero-order valence-corrected chi connectivity index (χ0v) is 12.4. The highest BCUT2D eigenvalue weighted by Crippen LogP contribution is 2.21. The summed E-state index contributed by atoms with van der Waals surface area (Å²) in [5.74, 6) is -1.32. The van der Waals surface area contributed by atoms with Crippen LogP contribution in [0, 0.1) is 0 Å². The third kappa shape index (κ3) is 7.34. The van der Waals surface area contributed by atoms with Gasteiger partial charge >= 0.3 is 6.09 Å². The summed E-state index contributed by atoms with van der Waals surface area (Å²) in [6.07, 6.45) is -0.600. The van der Waals surface area contributed by atoms with Crippen molar-refractivity contribution in [3.05, 3.63) is 23.7 Å². The van der Waals surface area contributed by atoms with Crippen molar-refractivity contribution in [3.8, 4) is 0 Å². The summed E-state index contributed by atoms with van der Waals surface area (Å²) in [5, 5.41) is 0. The number of alkyl halides is 2. The van der Waals surface area contributed by atoms with Crippen molar-refractivity contribution in [3.63, 3.8) is 0 Å². The number of nitrogens with one attached hydrogen (secondary N) is 2. The molecule has 0 radical (unpaired) electrons. The number of thioether (sulfide) groups is 1. The number of carbonyl (C=O) groups excluding carboxylic acids is 1. The fourth-order valence-corrected chi connectivity index (χ4v) is 1.69. The highest BCUT2D eigenvalue weighted by molar-refractivity contribution is 7.98. The Kier molecular flexibility index (Phi) is 6.28. The van der Waals surface area contributed by atoms with E-state index in [1.807, 2.05) is 0 Å². The molecule has 0 spiro atoms. The monoisotopic (exact) mass is 308 g/mol. The summed E-state index contributed by atoms with van der Waals surface area (Å²) in [4.78, 5) is 11.3. The van der Waals surface area contributed by atoms with Gasteiger partial charge in [0.1, 0.15) is 17.1 Å². The molecular formula is C12H18F2N2O3S. The van der Waals surface area contributed by atoms with Crippen LogP contribution in [0.3, 0.4) is 0 Å². The summed E-state index contributed by atoms with van der Waals surface area (Å²) < 4.78 is 34.3. The minimum atomic E-state index is -2.42. The van der Waals surface area contributed by atoms with Crippen LogP contribution in [-0.2, 0) is 17.0 Å². The maximum absolute atomic E-state index is 12.0. The standard InChI is InChI=1S/C12H18F2N2O3S/c1-12(2,3)19-11(17)16-15-6-8-4-5-9(18-8)7-20-10(13)14/h4-5,10,15H,6-7H2,1-3H3,(H,16,17). The van der Waals surface area contributed by atoms with Crippen molar-refractivity contribution in [1.82, 2.24) is 10.9 Å². The molecule has 1 aromatic rings. The zero-order valence-electron chi connectivity index (χ0n) is 11.5. The lowest BCUT2D eigenvalue weighted by Crippen LogP contribution is -2.40. The van der Waals surface area contributed by atoms with Gasteiger partial charge in [0.05, 0.1) is 12.3 Å². The van der Waals surface area contributed by atoms with Gasteiger partial charge in [0.25, 0.3) is 5.76 Å². The van der Waals surface area contributed by atoms with Crippen LogP contribution in [0.25, 0.3) is 0 Å². The van der Waals surface area contributed by atoms with Crippen molar-refractivity contribution in [2.24, 2.45) is 0 Å². The predicted molar refractivity (Wildman–Crippen MR) is 72.2 cm³/mol. The Hall–Kier alpha value is -1.28. The molecule has 0 fully saturated rings. The van der Waals surface area contributed by atoms with Gasteiger partial charge in [-0.05, 0) is 32.9 Å². The molecule has 5 nitrogen and oxygen atoms in total. The summed E-state index contributed by atoms with van der Waals surface area (Å²) in [6, 6.07) is 3.28. The normalized spacial score (nSPS) is 11.7.